The van der Waals surface area contributed by atoms with Crippen LogP contribution in [0.5, 0.6) is 0 Å². The number of likely N-dealkylation sites (tertiary alicyclic amines) is 1. The number of aryl methyl sites for hydroxylation is 1. The number of fused-ring (bicyclic) bond motifs is 1. The van der Waals surface area contributed by atoms with Crippen LogP contribution in [-0.4, -0.2) is 64.7 Å². The first kappa shape index (κ1) is 21.4. The molecule has 0 bridgehead atoms. The monoisotopic (exact) mass is 443 g/mol. The Kier molecular flexibility index (Phi) is 5.03. The number of pyridine rings is 2. The van der Waals surface area contributed by atoms with Gasteiger partial charge in [-0.2, -0.15) is 0 Å². The van der Waals surface area contributed by atoms with Gasteiger partial charge in [-0.1, -0.05) is 6.92 Å². The number of anilines is 1. The van der Waals surface area contributed by atoms with Gasteiger partial charge in [-0.3, -0.25) is 14.1 Å². The van der Waals surface area contributed by atoms with Crippen molar-refractivity contribution in [3.8, 4) is 0 Å². The molecule has 2 unspecified atom stereocenters. The molecule has 0 spiro atoms. The number of hydrogen-bond acceptors (Lipinski definition) is 6. The summed E-state index contributed by atoms with van der Waals surface area (Å²) in [5.41, 5.74) is 14.2. The molecule has 1 saturated carbocycles. The Morgan fingerprint density at radius 2 is 1.88 bits per heavy atom. The van der Waals surface area contributed by atoms with Gasteiger partial charge < -0.3 is 21.5 Å². The summed E-state index contributed by atoms with van der Waals surface area (Å²) in [5.74, 6) is -1.24. The first-order valence-electron chi connectivity index (χ1n) is 11.3. The Bertz CT molecular complexity index is 1150. The quantitative estimate of drug-likeness (QED) is 0.648. The lowest BCUT2D eigenvalue weighted by atomic mass is 10.0. The fraction of sp³-hybridized carbons (Fsp3) is 0.565. The lowest BCUT2D eigenvalue weighted by Crippen LogP contribution is -2.46. The molecule has 2 aromatic rings. The molecule has 5 N–H and O–H groups in total. The molecule has 9 heteroatoms. The number of carboxylic acid groups (broad SMARTS) is 1. The zero-order chi connectivity index (χ0) is 22.9. The Hall–Kier alpha value is -2.49. The van der Waals surface area contributed by atoms with Gasteiger partial charge in [0, 0.05) is 44.3 Å². The maximum atomic E-state index is 15.4. The summed E-state index contributed by atoms with van der Waals surface area (Å²) in [6.45, 7) is 6.71. The van der Waals surface area contributed by atoms with Gasteiger partial charge in [0.1, 0.15) is 5.56 Å². The minimum atomic E-state index is -1.29. The number of rotatable bonds is 4. The molecule has 2 aromatic heterocycles. The normalized spacial score (nSPS) is 28.7. The van der Waals surface area contributed by atoms with Crippen molar-refractivity contribution in [2.24, 2.45) is 17.4 Å². The number of aromatic carboxylic acids is 1. The van der Waals surface area contributed by atoms with Gasteiger partial charge in [0.05, 0.1) is 17.4 Å². The molecule has 1 aliphatic carbocycles. The first-order valence-corrected chi connectivity index (χ1v) is 11.3. The Morgan fingerprint density at radius 3 is 2.47 bits per heavy atom. The van der Waals surface area contributed by atoms with Crippen molar-refractivity contribution in [1.29, 1.82) is 0 Å². The van der Waals surface area contributed by atoms with E-state index in [4.69, 9.17) is 11.5 Å². The molecule has 3 aliphatic rings. The van der Waals surface area contributed by atoms with Gasteiger partial charge in [-0.15, -0.1) is 0 Å². The third kappa shape index (κ3) is 3.30. The predicted molar refractivity (Wildman–Crippen MR) is 120 cm³/mol. The molecular formula is C23H30FN5O3. The molecule has 8 nitrogen and oxygen atoms in total. The summed E-state index contributed by atoms with van der Waals surface area (Å²) in [7, 11) is 0. The van der Waals surface area contributed by atoms with Crippen molar-refractivity contribution >= 4 is 17.2 Å². The third-order valence-corrected chi connectivity index (χ3v) is 7.51. The lowest BCUT2D eigenvalue weighted by Gasteiger charge is -2.27. The predicted octanol–water partition coefficient (Wildman–Crippen LogP) is 1.12. The van der Waals surface area contributed by atoms with Gasteiger partial charge >= 0.3 is 5.97 Å². The summed E-state index contributed by atoms with van der Waals surface area (Å²) >= 11 is 0. The molecule has 0 aromatic carbocycles. The largest absolute Gasteiger partial charge is 0.477 e. The van der Waals surface area contributed by atoms with E-state index in [0.29, 0.717) is 35.8 Å². The van der Waals surface area contributed by atoms with Crippen LogP contribution >= 0.6 is 0 Å². The number of hydrogen-bond donors (Lipinski definition) is 3. The minimum absolute atomic E-state index is 0.0838. The van der Waals surface area contributed by atoms with Crippen molar-refractivity contribution in [3.05, 3.63) is 45.1 Å². The van der Waals surface area contributed by atoms with E-state index in [2.05, 4.69) is 11.8 Å². The molecular weight excluding hydrogens is 413 g/mol. The molecule has 32 heavy (non-hydrogen) atoms. The summed E-state index contributed by atoms with van der Waals surface area (Å²) < 4.78 is 16.6. The van der Waals surface area contributed by atoms with Crippen LogP contribution in [0.2, 0.25) is 0 Å². The molecule has 0 radical (unpaired) electrons. The molecule has 4 atom stereocenters. The minimum Gasteiger partial charge on any atom is -0.477 e. The lowest BCUT2D eigenvalue weighted by molar-refractivity contribution is 0.0694. The van der Waals surface area contributed by atoms with E-state index in [1.807, 2.05) is 11.8 Å². The van der Waals surface area contributed by atoms with Gasteiger partial charge in [0.2, 0.25) is 0 Å². The van der Waals surface area contributed by atoms with Crippen LogP contribution in [0.3, 0.4) is 0 Å². The number of aromatic nitrogens is 1. The summed E-state index contributed by atoms with van der Waals surface area (Å²) in [6, 6.07) is 1.55. The standard InChI is InChI=1S/C23H30FN5O3/c1-11-6-27(8-17(11)25)19-10-28(9-18(19)26)21-12(2)20-14(13-3-4-13)5-15(23(31)32)22(30)29(20)7-16(21)24/h5,7,11,13,17-19H,3-4,6,8-10,25-26H2,1-2H3,(H,31,32)/t11-,17-,18?,19?/m1/s1. The van der Waals surface area contributed by atoms with Gasteiger partial charge in [0.25, 0.3) is 5.56 Å². The molecule has 4 heterocycles. The molecule has 2 saturated heterocycles. The van der Waals surface area contributed by atoms with Crippen LogP contribution in [0.4, 0.5) is 10.1 Å². The average Bonchev–Trinajstić information content (AvgIpc) is 3.42. The van der Waals surface area contributed by atoms with Crippen LogP contribution < -0.4 is 21.9 Å². The molecule has 2 aliphatic heterocycles. The fourth-order valence-electron chi connectivity index (χ4n) is 5.57. The Morgan fingerprint density at radius 1 is 1.16 bits per heavy atom. The molecule has 3 fully saturated rings. The zero-order valence-corrected chi connectivity index (χ0v) is 18.4. The SMILES string of the molecule is Cc1c(N2CC(N)C(N3C[C@@H](C)[C@H](N)C3)C2)c(F)cn2c(=O)c(C(=O)O)cc(C3CC3)c12. The van der Waals surface area contributed by atoms with E-state index >= 15 is 4.39 Å². The van der Waals surface area contributed by atoms with Crippen molar-refractivity contribution < 1.29 is 14.3 Å². The number of carbonyl (C=O) groups is 1. The summed E-state index contributed by atoms with van der Waals surface area (Å²) in [5, 5.41) is 9.47. The maximum absolute atomic E-state index is 15.4. The van der Waals surface area contributed by atoms with Crippen LogP contribution in [-0.2, 0) is 0 Å². The van der Waals surface area contributed by atoms with Gasteiger partial charge in [-0.05, 0) is 48.8 Å². The average molecular weight is 444 g/mol. The van der Waals surface area contributed by atoms with E-state index in [1.54, 1.807) is 0 Å². The molecule has 5 rings (SSSR count). The highest BCUT2D eigenvalue weighted by atomic mass is 19.1. The van der Waals surface area contributed by atoms with Crippen molar-refractivity contribution in [2.75, 3.05) is 31.1 Å². The summed E-state index contributed by atoms with van der Waals surface area (Å²) in [4.78, 5) is 28.7. The van der Waals surface area contributed by atoms with E-state index in [-0.39, 0.29) is 29.6 Å². The summed E-state index contributed by atoms with van der Waals surface area (Å²) in [6.07, 6.45) is 3.01. The third-order valence-electron chi connectivity index (χ3n) is 7.51. The van der Waals surface area contributed by atoms with E-state index in [1.165, 1.54) is 10.5 Å². The van der Waals surface area contributed by atoms with Crippen LogP contribution in [0, 0.1) is 18.7 Å². The second-order valence-corrected chi connectivity index (χ2v) is 9.80. The Balaban J connectivity index is 1.58. The highest BCUT2D eigenvalue weighted by Gasteiger charge is 2.41. The highest BCUT2D eigenvalue weighted by molar-refractivity contribution is 5.89. The molecule has 0 amide bonds. The smallest absolute Gasteiger partial charge is 0.341 e. The Labute approximate surface area is 185 Å². The van der Waals surface area contributed by atoms with Gasteiger partial charge in [-0.25, -0.2) is 9.18 Å². The topological polar surface area (TPSA) is 117 Å². The van der Waals surface area contributed by atoms with Crippen molar-refractivity contribution in [3.63, 3.8) is 0 Å². The van der Waals surface area contributed by atoms with Crippen LogP contribution in [0.15, 0.2) is 17.1 Å². The van der Waals surface area contributed by atoms with Gasteiger partial charge in [0.15, 0.2) is 5.82 Å². The van der Waals surface area contributed by atoms with Crippen LogP contribution in [0.1, 0.15) is 47.2 Å². The van der Waals surface area contributed by atoms with Crippen molar-refractivity contribution in [1.82, 2.24) is 9.30 Å². The number of carboxylic acids is 1. The fourth-order valence-corrected chi connectivity index (χ4v) is 5.57. The second-order valence-electron chi connectivity index (χ2n) is 9.80. The second kappa shape index (κ2) is 7.54. The number of nitrogens with two attached hydrogens (primary N) is 2. The number of halogens is 1. The van der Waals surface area contributed by atoms with E-state index < -0.39 is 17.3 Å². The highest BCUT2D eigenvalue weighted by Crippen LogP contribution is 2.44. The molecule has 172 valence electrons. The number of nitrogens with zero attached hydrogens (tertiary/aromatic N) is 3. The van der Waals surface area contributed by atoms with E-state index in [9.17, 15) is 14.7 Å². The maximum Gasteiger partial charge on any atom is 0.341 e. The van der Waals surface area contributed by atoms with Crippen molar-refractivity contribution in [2.45, 2.75) is 50.7 Å². The first-order chi connectivity index (χ1) is 15.2. The van der Waals surface area contributed by atoms with Crippen LogP contribution in [0.25, 0.3) is 5.52 Å². The van der Waals surface area contributed by atoms with E-state index in [0.717, 1.165) is 37.7 Å². The zero-order valence-electron chi connectivity index (χ0n) is 18.4.